The minimum atomic E-state index is -0.470. The maximum atomic E-state index is 11.4. The van der Waals surface area contributed by atoms with Crippen molar-refractivity contribution in [1.82, 2.24) is 0 Å². The van der Waals surface area contributed by atoms with Gasteiger partial charge in [-0.15, -0.1) is 0 Å². The van der Waals surface area contributed by atoms with Crippen molar-refractivity contribution in [3.63, 3.8) is 0 Å². The van der Waals surface area contributed by atoms with Crippen LogP contribution in [0.25, 0.3) is 0 Å². The predicted molar refractivity (Wildman–Crippen MR) is 58.9 cm³/mol. The highest BCUT2D eigenvalue weighted by Gasteiger charge is 2.08. The molecule has 1 rings (SSSR count). The van der Waals surface area contributed by atoms with Gasteiger partial charge in [0.15, 0.2) is 0 Å². The largest absolute Gasteiger partial charge is 0.497 e. The number of isothiocyanates is 1. The molecule has 0 fully saturated rings. The van der Waals surface area contributed by atoms with Crippen LogP contribution in [-0.2, 0) is 0 Å². The lowest BCUT2D eigenvalue weighted by Gasteiger charge is -2.05. The van der Waals surface area contributed by atoms with Crippen molar-refractivity contribution >= 4 is 23.3 Å². The first-order chi connectivity index (χ1) is 7.21. The highest BCUT2D eigenvalue weighted by atomic mass is 32.1. The fourth-order valence-electron chi connectivity index (χ4n) is 1.04. The van der Waals surface area contributed by atoms with E-state index in [1.54, 1.807) is 18.2 Å². The Bertz CT molecular complexity index is 402. The summed E-state index contributed by atoms with van der Waals surface area (Å²) in [5.41, 5.74) is 0.351. The van der Waals surface area contributed by atoms with Crippen LogP contribution in [0.3, 0.4) is 0 Å². The Hall–Kier alpha value is -1.71. The number of aliphatic imine (C=N–C) groups is 1. The molecule has 0 atom stereocenters. The van der Waals surface area contributed by atoms with Gasteiger partial charge in [-0.1, -0.05) is 0 Å². The lowest BCUT2D eigenvalue weighted by atomic mass is 10.2. The molecule has 0 radical (unpaired) electrons. The van der Waals surface area contributed by atoms with Gasteiger partial charge in [-0.25, -0.2) is 0 Å². The maximum absolute atomic E-state index is 11.4. The molecule has 78 valence electrons. The Morgan fingerprint density at radius 2 is 1.80 bits per heavy atom. The minimum Gasteiger partial charge on any atom is -0.497 e. The van der Waals surface area contributed by atoms with E-state index < -0.39 is 5.91 Å². The van der Waals surface area contributed by atoms with Crippen LogP contribution in [0, 0.1) is 0 Å². The van der Waals surface area contributed by atoms with E-state index in [0.717, 1.165) is 0 Å². The standard InChI is InChI=1S/C10H9NO3S/c1-13-8-3-7(10(12)11-6-15)4-9(5-8)14-2/h3-5H,1-2H3. The van der Waals surface area contributed by atoms with E-state index in [0.29, 0.717) is 17.1 Å². The second-order valence-electron chi connectivity index (χ2n) is 2.61. The molecule has 0 aliphatic heterocycles. The molecule has 0 saturated carbocycles. The first-order valence-corrected chi connectivity index (χ1v) is 4.47. The molecule has 0 unspecified atom stereocenters. The molecule has 5 heteroatoms. The van der Waals surface area contributed by atoms with Gasteiger partial charge in [-0.2, -0.15) is 4.99 Å². The summed E-state index contributed by atoms with van der Waals surface area (Å²) in [5.74, 6) is 0.580. The van der Waals surface area contributed by atoms with E-state index in [-0.39, 0.29) is 0 Å². The molecule has 1 aromatic carbocycles. The lowest BCUT2D eigenvalue weighted by Crippen LogP contribution is -1.97. The summed E-state index contributed by atoms with van der Waals surface area (Å²) in [6.45, 7) is 0. The molecule has 1 amide bonds. The van der Waals surface area contributed by atoms with E-state index in [4.69, 9.17) is 9.47 Å². The van der Waals surface area contributed by atoms with E-state index in [2.05, 4.69) is 17.2 Å². The van der Waals surface area contributed by atoms with Crippen molar-refractivity contribution in [2.24, 2.45) is 4.99 Å². The van der Waals surface area contributed by atoms with Crippen LogP contribution in [-0.4, -0.2) is 25.3 Å². The first-order valence-electron chi connectivity index (χ1n) is 4.06. The Labute approximate surface area is 92.5 Å². The Kier molecular flexibility index (Phi) is 3.97. The molecule has 15 heavy (non-hydrogen) atoms. The van der Waals surface area contributed by atoms with Crippen molar-refractivity contribution < 1.29 is 14.3 Å². The number of carbonyl (C=O) groups is 1. The number of rotatable bonds is 3. The van der Waals surface area contributed by atoms with Crippen LogP contribution >= 0.6 is 12.2 Å². The summed E-state index contributed by atoms with van der Waals surface area (Å²) in [6, 6.07) is 4.78. The maximum Gasteiger partial charge on any atom is 0.286 e. The van der Waals surface area contributed by atoms with Crippen molar-refractivity contribution in [2.45, 2.75) is 0 Å². The quantitative estimate of drug-likeness (QED) is 0.580. The van der Waals surface area contributed by atoms with Crippen LogP contribution < -0.4 is 9.47 Å². The molecular weight excluding hydrogens is 214 g/mol. The van der Waals surface area contributed by atoms with Gasteiger partial charge in [-0.05, 0) is 24.4 Å². The number of nitrogens with zero attached hydrogens (tertiary/aromatic N) is 1. The van der Waals surface area contributed by atoms with Crippen molar-refractivity contribution in [3.8, 4) is 11.5 Å². The van der Waals surface area contributed by atoms with Crippen LogP contribution in [0.1, 0.15) is 10.4 Å². The first kappa shape index (κ1) is 11.4. The third-order valence-electron chi connectivity index (χ3n) is 1.75. The van der Waals surface area contributed by atoms with Gasteiger partial charge in [0.05, 0.1) is 19.4 Å². The summed E-state index contributed by atoms with van der Waals surface area (Å²) in [7, 11) is 3.01. The second kappa shape index (κ2) is 5.24. The monoisotopic (exact) mass is 223 g/mol. The molecule has 0 N–H and O–H groups in total. The van der Waals surface area contributed by atoms with Crippen LogP contribution in [0.15, 0.2) is 23.2 Å². The normalized spacial score (nSPS) is 8.93. The number of amides is 1. The summed E-state index contributed by atoms with van der Waals surface area (Å²) in [6.07, 6.45) is 0. The average molecular weight is 223 g/mol. The number of ether oxygens (including phenoxy) is 2. The smallest absolute Gasteiger partial charge is 0.286 e. The van der Waals surface area contributed by atoms with Crippen LogP contribution in [0.2, 0.25) is 0 Å². The summed E-state index contributed by atoms with van der Waals surface area (Å²) < 4.78 is 10.0. The number of methoxy groups -OCH3 is 2. The summed E-state index contributed by atoms with van der Waals surface area (Å²) >= 11 is 4.35. The third kappa shape index (κ3) is 2.87. The van der Waals surface area contributed by atoms with Crippen LogP contribution in [0.4, 0.5) is 0 Å². The SMILES string of the molecule is COc1cc(OC)cc(C(=O)N=C=S)c1. The van der Waals surface area contributed by atoms with Gasteiger partial charge in [0.2, 0.25) is 0 Å². The number of carbonyl (C=O) groups excluding carboxylic acids is 1. The fourth-order valence-corrected chi connectivity index (χ4v) is 1.12. The highest BCUT2D eigenvalue weighted by Crippen LogP contribution is 2.22. The molecule has 0 aromatic heterocycles. The van der Waals surface area contributed by atoms with Crippen LogP contribution in [0.5, 0.6) is 11.5 Å². The van der Waals surface area contributed by atoms with E-state index in [1.165, 1.54) is 14.2 Å². The Balaban J connectivity index is 3.17. The van der Waals surface area contributed by atoms with Gasteiger partial charge in [-0.3, -0.25) is 4.79 Å². The van der Waals surface area contributed by atoms with Gasteiger partial charge < -0.3 is 9.47 Å². The highest BCUT2D eigenvalue weighted by molar-refractivity contribution is 7.78. The third-order valence-corrected chi connectivity index (χ3v) is 1.84. The summed E-state index contributed by atoms with van der Waals surface area (Å²) in [5, 5.41) is 2.02. The second-order valence-corrected chi connectivity index (χ2v) is 2.79. The molecule has 0 heterocycles. The molecule has 4 nitrogen and oxygen atoms in total. The topological polar surface area (TPSA) is 47.9 Å². The van der Waals surface area contributed by atoms with E-state index in [1.807, 2.05) is 5.16 Å². The van der Waals surface area contributed by atoms with Crippen molar-refractivity contribution in [2.75, 3.05) is 14.2 Å². The Morgan fingerprint density at radius 1 is 1.27 bits per heavy atom. The minimum absolute atomic E-state index is 0.351. The number of thiocarbonyl (C=S) groups is 1. The molecule has 0 saturated heterocycles. The van der Waals surface area contributed by atoms with Gasteiger partial charge in [0, 0.05) is 11.6 Å². The summed E-state index contributed by atoms with van der Waals surface area (Å²) in [4.78, 5) is 14.7. The zero-order valence-electron chi connectivity index (χ0n) is 8.31. The predicted octanol–water partition coefficient (Wildman–Crippen LogP) is 1.95. The van der Waals surface area contributed by atoms with E-state index >= 15 is 0 Å². The molecule has 1 aromatic rings. The molecule has 0 aliphatic carbocycles. The zero-order valence-corrected chi connectivity index (χ0v) is 9.13. The van der Waals surface area contributed by atoms with Crippen molar-refractivity contribution in [1.29, 1.82) is 0 Å². The van der Waals surface area contributed by atoms with E-state index in [9.17, 15) is 4.79 Å². The molecule has 0 bridgehead atoms. The lowest BCUT2D eigenvalue weighted by molar-refractivity contribution is 0.100. The Morgan fingerprint density at radius 3 is 2.20 bits per heavy atom. The number of hydrogen-bond acceptors (Lipinski definition) is 4. The fraction of sp³-hybridized carbons (Fsp3) is 0.200. The zero-order chi connectivity index (χ0) is 11.3. The van der Waals surface area contributed by atoms with Gasteiger partial charge in [0.25, 0.3) is 5.91 Å². The van der Waals surface area contributed by atoms with Gasteiger partial charge in [0.1, 0.15) is 11.5 Å². The number of hydrogen-bond donors (Lipinski definition) is 0. The van der Waals surface area contributed by atoms with Gasteiger partial charge >= 0.3 is 0 Å². The molecular formula is C10H9NO3S. The molecule has 0 aliphatic rings. The van der Waals surface area contributed by atoms with Crippen molar-refractivity contribution in [3.05, 3.63) is 23.8 Å². The number of benzene rings is 1. The average Bonchev–Trinajstić information content (AvgIpc) is 2.28. The molecule has 0 spiro atoms.